The van der Waals surface area contributed by atoms with Crippen LogP contribution in [-0.4, -0.2) is 47.4 Å². The molecule has 5 atom stereocenters. The van der Waals surface area contributed by atoms with Crippen LogP contribution in [0.25, 0.3) is 10.4 Å². The zero-order valence-corrected chi connectivity index (χ0v) is 22.0. The zero-order chi connectivity index (χ0) is 26.5. The molecule has 3 rings (SSSR count). The molecule has 1 aromatic carbocycles. The average Bonchev–Trinajstić information content (AvgIpc) is 3.23. The van der Waals surface area contributed by atoms with Crippen LogP contribution in [0.4, 0.5) is 0 Å². The molecule has 194 valence electrons. The molecule has 2 aromatic rings. The second-order valence-corrected chi connectivity index (χ2v) is 10.4. The molecule has 1 saturated heterocycles. The van der Waals surface area contributed by atoms with Gasteiger partial charge >= 0.3 is 19.4 Å². The van der Waals surface area contributed by atoms with E-state index in [2.05, 4.69) is 40.8 Å². The van der Waals surface area contributed by atoms with Crippen LogP contribution in [0.1, 0.15) is 25.1 Å². The van der Waals surface area contributed by atoms with Gasteiger partial charge in [0.1, 0.15) is 18.0 Å². The van der Waals surface area contributed by atoms with Gasteiger partial charge < -0.3 is 14.0 Å². The highest BCUT2D eigenvalue weighted by Gasteiger charge is 2.40. The van der Waals surface area contributed by atoms with Crippen LogP contribution in [0.5, 0.6) is 5.75 Å². The molecule has 0 bridgehead atoms. The van der Waals surface area contributed by atoms with Gasteiger partial charge in [0.2, 0.25) is 0 Å². The van der Waals surface area contributed by atoms with E-state index in [1.165, 1.54) is 31.7 Å². The lowest BCUT2D eigenvalue weighted by atomic mass is 10.1. The lowest BCUT2D eigenvalue weighted by Gasteiger charge is -2.24. The highest BCUT2D eigenvalue weighted by molar-refractivity contribution is 9.10. The first kappa shape index (κ1) is 27.7. The third-order valence-electron chi connectivity index (χ3n) is 5.21. The molecule has 36 heavy (non-hydrogen) atoms. The summed E-state index contributed by atoms with van der Waals surface area (Å²) in [5.74, 6) is -0.506. The molecule has 2 heterocycles. The predicted molar refractivity (Wildman–Crippen MR) is 130 cm³/mol. The summed E-state index contributed by atoms with van der Waals surface area (Å²) in [6, 6.07) is 4.56. The maximum Gasteiger partial charge on any atom is 0.459 e. The minimum absolute atomic E-state index is 0.0906. The van der Waals surface area contributed by atoms with E-state index >= 15 is 0 Å². The molecule has 2 N–H and O–H groups in total. The van der Waals surface area contributed by atoms with Crippen LogP contribution in [0.3, 0.4) is 0 Å². The van der Waals surface area contributed by atoms with Crippen LogP contribution >= 0.6 is 23.7 Å². The van der Waals surface area contributed by atoms with E-state index < -0.39 is 49.4 Å². The van der Waals surface area contributed by atoms with Crippen molar-refractivity contribution in [3.8, 4) is 5.75 Å². The number of benzene rings is 1. The van der Waals surface area contributed by atoms with E-state index in [-0.39, 0.29) is 24.3 Å². The highest BCUT2D eigenvalue weighted by Crippen LogP contribution is 2.46. The highest BCUT2D eigenvalue weighted by atomic mass is 79.9. The van der Waals surface area contributed by atoms with E-state index in [9.17, 15) is 18.9 Å². The molecule has 3 unspecified atom stereocenters. The second kappa shape index (κ2) is 11.9. The van der Waals surface area contributed by atoms with Crippen molar-refractivity contribution in [3.63, 3.8) is 0 Å². The number of H-pyrrole nitrogens is 1. The molecular formula is C20H24BrN6O8P. The Balaban J connectivity index is 1.82. The summed E-state index contributed by atoms with van der Waals surface area (Å²) in [5, 5.41) is 6.22. The number of nitrogens with one attached hydrogen (secondary N) is 2. The number of azide groups is 1. The number of esters is 1. The number of nitrogens with zero attached hydrogens (tertiary/aromatic N) is 4. The van der Waals surface area contributed by atoms with Gasteiger partial charge in [-0.1, -0.05) is 21.0 Å². The number of hydrogen-bond donors (Lipinski definition) is 2. The average molecular weight is 587 g/mol. The minimum atomic E-state index is -4.19. The molecule has 0 radical (unpaired) electrons. The molecule has 16 heteroatoms. The fraction of sp³-hybridized carbons (Fsp3) is 0.450. The molecule has 0 amide bonds. The van der Waals surface area contributed by atoms with E-state index in [4.69, 9.17) is 19.3 Å². The SMILES string of the molecule is COC(=O)C(C)NP(=O)(OC[C@H]1OC(n2cc(C)c(=O)[nH]c2=O)C[C@H]1N=[N+]=[N-])Oc1ccc(Br)cc1. The number of carbonyl (C=O) groups is 1. The number of aromatic nitrogens is 2. The van der Waals surface area contributed by atoms with Crippen LogP contribution in [0, 0.1) is 6.92 Å². The smallest absolute Gasteiger partial charge is 0.459 e. The van der Waals surface area contributed by atoms with Crippen molar-refractivity contribution >= 4 is 29.6 Å². The molecular weight excluding hydrogens is 563 g/mol. The molecule has 0 aliphatic carbocycles. The Morgan fingerprint density at radius 3 is 2.75 bits per heavy atom. The summed E-state index contributed by atoms with van der Waals surface area (Å²) >= 11 is 3.30. The van der Waals surface area contributed by atoms with Gasteiger partial charge in [-0.15, -0.1) is 0 Å². The van der Waals surface area contributed by atoms with Gasteiger partial charge in [-0.25, -0.2) is 9.36 Å². The van der Waals surface area contributed by atoms with E-state index in [1.807, 2.05) is 0 Å². The van der Waals surface area contributed by atoms with Crippen molar-refractivity contribution < 1.29 is 27.9 Å². The van der Waals surface area contributed by atoms with Gasteiger partial charge in [-0.05, 0) is 43.6 Å². The summed E-state index contributed by atoms with van der Waals surface area (Å²) in [4.78, 5) is 40.9. The van der Waals surface area contributed by atoms with Crippen LogP contribution in [0.2, 0.25) is 0 Å². The summed E-state index contributed by atoms with van der Waals surface area (Å²) < 4.78 is 37.2. The number of rotatable bonds is 10. The largest absolute Gasteiger partial charge is 0.468 e. The van der Waals surface area contributed by atoms with Gasteiger partial charge in [0, 0.05) is 27.6 Å². The first-order chi connectivity index (χ1) is 17.0. The Morgan fingerprint density at radius 2 is 2.11 bits per heavy atom. The zero-order valence-electron chi connectivity index (χ0n) is 19.5. The lowest BCUT2D eigenvalue weighted by molar-refractivity contribution is -0.142. The maximum absolute atomic E-state index is 13.6. The van der Waals surface area contributed by atoms with Gasteiger partial charge in [-0.3, -0.25) is 23.7 Å². The molecule has 14 nitrogen and oxygen atoms in total. The first-order valence-corrected chi connectivity index (χ1v) is 13.0. The Bertz CT molecular complexity index is 1310. The fourth-order valence-corrected chi connectivity index (χ4v) is 5.15. The van der Waals surface area contributed by atoms with Crippen molar-refractivity contribution in [2.75, 3.05) is 13.7 Å². The number of aryl methyl sites for hydroxylation is 1. The molecule has 0 saturated carbocycles. The third kappa shape index (κ3) is 6.84. The van der Waals surface area contributed by atoms with E-state index in [0.29, 0.717) is 0 Å². The predicted octanol–water partition coefficient (Wildman–Crippen LogP) is 2.93. The van der Waals surface area contributed by atoms with E-state index in [1.54, 1.807) is 24.3 Å². The summed E-state index contributed by atoms with van der Waals surface area (Å²) in [7, 11) is -3.01. The lowest BCUT2D eigenvalue weighted by Crippen LogP contribution is -2.36. The molecule has 1 aliphatic rings. The van der Waals surface area contributed by atoms with Crippen LogP contribution < -0.4 is 20.9 Å². The van der Waals surface area contributed by atoms with Crippen molar-refractivity contribution in [3.05, 3.63) is 71.8 Å². The number of ether oxygens (including phenoxy) is 2. The Kier molecular flexibility index (Phi) is 9.12. The Labute approximate surface area is 213 Å². The summed E-state index contributed by atoms with van der Waals surface area (Å²) in [5.41, 5.74) is 8.04. The number of methoxy groups -OCH3 is 1. The third-order valence-corrected chi connectivity index (χ3v) is 7.39. The van der Waals surface area contributed by atoms with Crippen molar-refractivity contribution in [1.82, 2.24) is 14.6 Å². The van der Waals surface area contributed by atoms with Gasteiger partial charge in [0.05, 0.1) is 25.9 Å². The van der Waals surface area contributed by atoms with E-state index in [0.717, 1.165) is 4.47 Å². The summed E-state index contributed by atoms with van der Waals surface area (Å²) in [6.07, 6.45) is -0.385. The normalized spacial score (nSPS) is 21.7. The number of aromatic amines is 1. The van der Waals surface area contributed by atoms with Gasteiger partial charge in [-0.2, -0.15) is 5.09 Å². The van der Waals surface area contributed by atoms with Crippen LogP contribution in [-0.2, 0) is 23.4 Å². The molecule has 1 aromatic heterocycles. The molecule has 0 spiro atoms. The number of hydrogen-bond acceptors (Lipinski definition) is 9. The van der Waals surface area contributed by atoms with Gasteiger partial charge in [0.15, 0.2) is 0 Å². The Hall–Kier alpha value is -2.93. The maximum atomic E-state index is 13.6. The minimum Gasteiger partial charge on any atom is -0.468 e. The van der Waals surface area contributed by atoms with Crippen molar-refractivity contribution in [2.45, 2.75) is 44.7 Å². The van der Waals surface area contributed by atoms with Gasteiger partial charge in [0.25, 0.3) is 5.56 Å². The summed E-state index contributed by atoms with van der Waals surface area (Å²) in [6.45, 7) is 2.56. The topological polar surface area (TPSA) is 187 Å². The van der Waals surface area contributed by atoms with Crippen molar-refractivity contribution in [2.24, 2.45) is 5.11 Å². The fourth-order valence-electron chi connectivity index (χ4n) is 3.39. The molecule has 1 fully saturated rings. The quantitative estimate of drug-likeness (QED) is 0.139. The second-order valence-electron chi connectivity index (χ2n) is 7.83. The van der Waals surface area contributed by atoms with Crippen LogP contribution in [0.15, 0.2) is 49.6 Å². The first-order valence-electron chi connectivity index (χ1n) is 10.6. The molecule has 1 aliphatic heterocycles. The monoisotopic (exact) mass is 586 g/mol. The standard InChI is InChI=1S/C20H24BrN6O8P/c1-11-9-27(20(30)23-18(11)28)17-8-15(24-26-22)16(34-17)10-33-36(31,25-12(2)19(29)32-3)35-14-6-4-13(21)5-7-14/h4-7,9,12,15-17H,8,10H2,1-3H3,(H,25,31)(H,23,28,30)/t12?,15-,16-,17?,36?/m1/s1. The van der Waals surface area contributed by atoms with Crippen molar-refractivity contribution in [1.29, 1.82) is 0 Å². The number of halogens is 1. The Morgan fingerprint density at radius 1 is 1.42 bits per heavy atom. The number of carbonyl (C=O) groups excluding carboxylic acids is 1.